The van der Waals surface area contributed by atoms with Gasteiger partial charge in [-0.05, 0) is 24.6 Å². The number of benzene rings is 1. The molecule has 0 spiro atoms. The molecule has 4 nitrogen and oxygen atoms in total. The van der Waals surface area contributed by atoms with Gasteiger partial charge in [-0.3, -0.25) is 0 Å². The van der Waals surface area contributed by atoms with Gasteiger partial charge < -0.3 is 0 Å². The van der Waals surface area contributed by atoms with Crippen molar-refractivity contribution in [2.24, 2.45) is 0 Å². The molecule has 0 N–H and O–H groups in total. The quantitative estimate of drug-likeness (QED) is 0.871. The summed E-state index contributed by atoms with van der Waals surface area (Å²) in [6.07, 6.45) is 1.66. The molecule has 1 heterocycles. The van der Waals surface area contributed by atoms with E-state index in [1.807, 2.05) is 12.3 Å². The van der Waals surface area contributed by atoms with Crippen LogP contribution in [0.15, 0.2) is 34.7 Å². The second-order valence-corrected chi connectivity index (χ2v) is 7.53. The lowest BCUT2D eigenvalue weighted by Crippen LogP contribution is -2.26. The summed E-state index contributed by atoms with van der Waals surface area (Å²) in [4.78, 5) is 4.28. The fraction of sp³-hybridized carbons (Fsp3) is 0.250. The Labute approximate surface area is 121 Å². The number of aryl methyl sites for hydroxylation is 1. The number of nitrogens with zero attached hydrogens (tertiary/aromatic N) is 2. The second-order valence-electron chi connectivity index (χ2n) is 4.10. The molecule has 1 aromatic carbocycles. The average Bonchev–Trinajstić information content (AvgIpc) is 2.85. The van der Waals surface area contributed by atoms with Crippen LogP contribution in [0.1, 0.15) is 10.6 Å². The molecule has 0 atom stereocenters. The van der Waals surface area contributed by atoms with Gasteiger partial charge in [0, 0.05) is 23.6 Å². The zero-order chi connectivity index (χ0) is 14.0. The van der Waals surface area contributed by atoms with E-state index in [0.29, 0.717) is 5.02 Å². The summed E-state index contributed by atoms with van der Waals surface area (Å²) < 4.78 is 26.0. The van der Waals surface area contributed by atoms with E-state index >= 15 is 0 Å². The van der Waals surface area contributed by atoms with Gasteiger partial charge in [0.1, 0.15) is 5.01 Å². The van der Waals surface area contributed by atoms with Crippen molar-refractivity contribution in [3.05, 3.63) is 45.4 Å². The average molecular weight is 317 g/mol. The minimum Gasteiger partial charge on any atom is -0.248 e. The van der Waals surface area contributed by atoms with Crippen LogP contribution < -0.4 is 0 Å². The summed E-state index contributed by atoms with van der Waals surface area (Å²) in [5.74, 6) is 0. The van der Waals surface area contributed by atoms with Crippen LogP contribution in [0.2, 0.25) is 5.02 Å². The fourth-order valence-corrected chi connectivity index (χ4v) is 3.68. The van der Waals surface area contributed by atoms with Crippen molar-refractivity contribution >= 4 is 33.0 Å². The van der Waals surface area contributed by atoms with Gasteiger partial charge in [0.25, 0.3) is 0 Å². The lowest BCUT2D eigenvalue weighted by atomic mass is 10.2. The van der Waals surface area contributed by atoms with E-state index < -0.39 is 10.0 Å². The third-order valence-corrected chi connectivity index (χ3v) is 5.66. The molecule has 102 valence electrons. The Morgan fingerprint density at radius 2 is 2.16 bits per heavy atom. The van der Waals surface area contributed by atoms with Gasteiger partial charge >= 0.3 is 0 Å². The van der Waals surface area contributed by atoms with Crippen LogP contribution in [0.4, 0.5) is 0 Å². The smallest absolute Gasteiger partial charge is 0.243 e. The Hall–Kier alpha value is -0.950. The minimum absolute atomic E-state index is 0.196. The normalized spacial score (nSPS) is 12.0. The molecule has 0 aliphatic carbocycles. The molecule has 7 heteroatoms. The Balaban J connectivity index is 2.28. The zero-order valence-electron chi connectivity index (χ0n) is 10.5. The number of rotatable bonds is 4. The predicted octanol–water partition coefficient (Wildman–Crippen LogP) is 2.93. The first-order chi connectivity index (χ1) is 8.91. The molecule has 0 fully saturated rings. The summed E-state index contributed by atoms with van der Waals surface area (Å²) in [5.41, 5.74) is 0.850. The number of sulfonamides is 1. The summed E-state index contributed by atoms with van der Waals surface area (Å²) in [5, 5.41) is 3.02. The summed E-state index contributed by atoms with van der Waals surface area (Å²) >= 11 is 7.40. The van der Waals surface area contributed by atoms with Crippen LogP contribution in [0.3, 0.4) is 0 Å². The minimum atomic E-state index is -3.54. The molecule has 0 aliphatic rings. The van der Waals surface area contributed by atoms with Crippen LogP contribution in [-0.4, -0.2) is 24.8 Å². The molecule has 1 aromatic heterocycles. The first kappa shape index (κ1) is 14.5. The SMILES string of the molecule is Cc1ccc(S(=O)(=O)N(C)Cc2nccs2)cc1Cl. The van der Waals surface area contributed by atoms with Crippen molar-refractivity contribution in [1.82, 2.24) is 9.29 Å². The van der Waals surface area contributed by atoms with Gasteiger partial charge in [0.15, 0.2) is 0 Å². The molecule has 19 heavy (non-hydrogen) atoms. The first-order valence-corrected chi connectivity index (χ1v) is 8.22. The summed E-state index contributed by atoms with van der Waals surface area (Å²) in [7, 11) is -2.01. The molecule has 2 rings (SSSR count). The van der Waals surface area contributed by atoms with Crippen molar-refractivity contribution in [2.45, 2.75) is 18.4 Å². The molecule has 0 bridgehead atoms. The lowest BCUT2D eigenvalue weighted by molar-refractivity contribution is 0.466. The molecule has 0 aliphatic heterocycles. The highest BCUT2D eigenvalue weighted by atomic mass is 35.5. The maximum absolute atomic E-state index is 12.4. The molecule has 2 aromatic rings. The van der Waals surface area contributed by atoms with E-state index in [1.54, 1.807) is 18.3 Å². The Bertz CT molecular complexity index is 669. The Morgan fingerprint density at radius 1 is 1.42 bits per heavy atom. The largest absolute Gasteiger partial charge is 0.248 e. The van der Waals surface area contributed by atoms with Crippen molar-refractivity contribution in [3.63, 3.8) is 0 Å². The number of halogens is 1. The highest BCUT2D eigenvalue weighted by Crippen LogP contribution is 2.23. The Kier molecular flexibility index (Phi) is 4.25. The summed E-state index contributed by atoms with van der Waals surface area (Å²) in [6, 6.07) is 4.74. The van der Waals surface area contributed by atoms with Crippen LogP contribution in [0.5, 0.6) is 0 Å². The molecular formula is C12H13ClN2O2S2. The lowest BCUT2D eigenvalue weighted by Gasteiger charge is -2.16. The van der Waals surface area contributed by atoms with Crippen molar-refractivity contribution in [1.29, 1.82) is 0 Å². The van der Waals surface area contributed by atoms with Gasteiger partial charge in [-0.25, -0.2) is 13.4 Å². The molecule has 0 saturated heterocycles. The second kappa shape index (κ2) is 5.58. The standard InChI is InChI=1S/C12H13ClN2O2S2/c1-9-3-4-10(7-11(9)13)19(16,17)15(2)8-12-14-5-6-18-12/h3-7H,8H2,1-2H3. The third kappa shape index (κ3) is 3.14. The van der Waals surface area contributed by atoms with Crippen LogP contribution >= 0.6 is 22.9 Å². The fourth-order valence-electron chi connectivity index (χ4n) is 1.52. The maximum atomic E-state index is 12.4. The van der Waals surface area contributed by atoms with Crippen LogP contribution in [0, 0.1) is 6.92 Å². The van der Waals surface area contributed by atoms with Crippen molar-refractivity contribution in [2.75, 3.05) is 7.05 Å². The molecule has 0 amide bonds. The number of hydrogen-bond acceptors (Lipinski definition) is 4. The first-order valence-electron chi connectivity index (χ1n) is 5.52. The van der Waals surface area contributed by atoms with E-state index in [1.165, 1.54) is 28.8 Å². The van der Waals surface area contributed by atoms with E-state index in [9.17, 15) is 8.42 Å². The molecule has 0 unspecified atom stereocenters. The van der Waals surface area contributed by atoms with Gasteiger partial charge in [0.2, 0.25) is 10.0 Å². The number of thiazole rings is 1. The van der Waals surface area contributed by atoms with Gasteiger partial charge in [-0.2, -0.15) is 4.31 Å². The van der Waals surface area contributed by atoms with Crippen LogP contribution in [0.25, 0.3) is 0 Å². The van der Waals surface area contributed by atoms with Crippen molar-refractivity contribution < 1.29 is 8.42 Å². The third-order valence-electron chi connectivity index (χ3n) is 2.69. The molecule has 0 radical (unpaired) electrons. The number of hydrogen-bond donors (Lipinski definition) is 0. The van der Waals surface area contributed by atoms with Gasteiger partial charge in [0.05, 0.1) is 11.4 Å². The van der Waals surface area contributed by atoms with Gasteiger partial charge in [-0.15, -0.1) is 11.3 Å². The van der Waals surface area contributed by atoms with Gasteiger partial charge in [-0.1, -0.05) is 17.7 Å². The molecule has 0 saturated carbocycles. The Morgan fingerprint density at radius 3 is 2.74 bits per heavy atom. The van der Waals surface area contributed by atoms with E-state index in [4.69, 9.17) is 11.6 Å². The molecular weight excluding hydrogens is 304 g/mol. The predicted molar refractivity (Wildman–Crippen MR) is 77.0 cm³/mol. The van der Waals surface area contributed by atoms with Crippen LogP contribution in [-0.2, 0) is 16.6 Å². The number of aromatic nitrogens is 1. The highest BCUT2D eigenvalue weighted by Gasteiger charge is 2.22. The zero-order valence-corrected chi connectivity index (χ0v) is 12.9. The summed E-state index contributed by atoms with van der Waals surface area (Å²) in [6.45, 7) is 2.09. The maximum Gasteiger partial charge on any atom is 0.243 e. The van der Waals surface area contributed by atoms with E-state index in [2.05, 4.69) is 4.98 Å². The van der Waals surface area contributed by atoms with Crippen molar-refractivity contribution in [3.8, 4) is 0 Å². The van der Waals surface area contributed by atoms with E-state index in [0.717, 1.165) is 10.6 Å². The highest BCUT2D eigenvalue weighted by molar-refractivity contribution is 7.89. The monoisotopic (exact) mass is 316 g/mol. The topological polar surface area (TPSA) is 50.3 Å². The van der Waals surface area contributed by atoms with E-state index in [-0.39, 0.29) is 11.4 Å².